The highest BCUT2D eigenvalue weighted by atomic mass is 16.5. The highest BCUT2D eigenvalue weighted by Crippen LogP contribution is 2.09. The Morgan fingerprint density at radius 1 is 1.56 bits per heavy atom. The van der Waals surface area contributed by atoms with Crippen LogP contribution in [-0.4, -0.2) is 18.8 Å². The van der Waals surface area contributed by atoms with E-state index < -0.39 is 5.97 Å². The van der Waals surface area contributed by atoms with Gasteiger partial charge in [0.15, 0.2) is 0 Å². The topological polar surface area (TPSA) is 74.5 Å². The standard InChI is InChI=1S/C11H11N3O2/c1-8-4-3-5-9(6-8)13-14-10(7-12)11(15)16-2/h3-6,13H,1-2H3/b14-10+. The van der Waals surface area contributed by atoms with Gasteiger partial charge in [-0.25, -0.2) is 4.79 Å². The molecular weight excluding hydrogens is 206 g/mol. The van der Waals surface area contributed by atoms with Crippen molar-refractivity contribution in [2.45, 2.75) is 6.92 Å². The number of aryl methyl sites for hydroxylation is 1. The third-order valence-corrected chi connectivity index (χ3v) is 1.80. The van der Waals surface area contributed by atoms with Crippen LogP contribution < -0.4 is 5.43 Å². The van der Waals surface area contributed by atoms with E-state index in [1.807, 2.05) is 25.1 Å². The maximum absolute atomic E-state index is 11.0. The summed E-state index contributed by atoms with van der Waals surface area (Å²) in [7, 11) is 1.20. The molecule has 1 rings (SSSR count). The van der Waals surface area contributed by atoms with Crippen LogP contribution in [0, 0.1) is 18.3 Å². The normalized spacial score (nSPS) is 10.4. The molecule has 0 aliphatic rings. The second-order valence-corrected chi connectivity index (χ2v) is 3.05. The van der Waals surface area contributed by atoms with Crippen LogP contribution in [0.2, 0.25) is 0 Å². The number of carbonyl (C=O) groups is 1. The molecule has 16 heavy (non-hydrogen) atoms. The van der Waals surface area contributed by atoms with Gasteiger partial charge in [-0.3, -0.25) is 5.43 Å². The molecule has 5 heteroatoms. The summed E-state index contributed by atoms with van der Waals surface area (Å²) in [6.07, 6.45) is 0. The van der Waals surface area contributed by atoms with Crippen LogP contribution in [0.25, 0.3) is 0 Å². The van der Waals surface area contributed by atoms with E-state index in [0.29, 0.717) is 5.69 Å². The van der Waals surface area contributed by atoms with Gasteiger partial charge in [-0.05, 0) is 24.6 Å². The largest absolute Gasteiger partial charge is 0.464 e. The number of benzene rings is 1. The van der Waals surface area contributed by atoms with E-state index in [1.54, 1.807) is 12.1 Å². The van der Waals surface area contributed by atoms with E-state index in [0.717, 1.165) is 5.56 Å². The molecule has 0 amide bonds. The number of ether oxygens (including phenoxy) is 1. The van der Waals surface area contributed by atoms with E-state index in [-0.39, 0.29) is 5.71 Å². The molecule has 0 atom stereocenters. The number of rotatable bonds is 3. The Morgan fingerprint density at radius 2 is 2.31 bits per heavy atom. The van der Waals surface area contributed by atoms with E-state index >= 15 is 0 Å². The van der Waals surface area contributed by atoms with Gasteiger partial charge in [-0.1, -0.05) is 12.1 Å². The Kier molecular flexibility index (Phi) is 4.04. The summed E-state index contributed by atoms with van der Waals surface area (Å²) in [5, 5.41) is 12.3. The molecule has 0 spiro atoms. The lowest BCUT2D eigenvalue weighted by molar-refractivity contribution is -0.132. The number of hydrazone groups is 1. The van der Waals surface area contributed by atoms with Gasteiger partial charge in [-0.15, -0.1) is 0 Å². The van der Waals surface area contributed by atoms with Crippen molar-refractivity contribution >= 4 is 17.4 Å². The molecule has 0 fully saturated rings. The molecule has 0 saturated heterocycles. The van der Waals surface area contributed by atoms with Crippen molar-refractivity contribution in [1.82, 2.24) is 0 Å². The van der Waals surface area contributed by atoms with Crippen molar-refractivity contribution in [2.24, 2.45) is 5.10 Å². The first-order valence-corrected chi connectivity index (χ1v) is 4.56. The Balaban J connectivity index is 2.79. The number of hydrogen-bond donors (Lipinski definition) is 1. The fourth-order valence-corrected chi connectivity index (χ4v) is 1.05. The molecule has 0 aromatic heterocycles. The van der Waals surface area contributed by atoms with Gasteiger partial charge in [0.05, 0.1) is 12.8 Å². The van der Waals surface area contributed by atoms with Gasteiger partial charge >= 0.3 is 5.97 Å². The average Bonchev–Trinajstić information content (AvgIpc) is 2.29. The van der Waals surface area contributed by atoms with Gasteiger partial charge in [0.1, 0.15) is 6.07 Å². The Labute approximate surface area is 93.3 Å². The predicted molar refractivity (Wildman–Crippen MR) is 59.9 cm³/mol. The van der Waals surface area contributed by atoms with Gasteiger partial charge in [0.2, 0.25) is 5.71 Å². The van der Waals surface area contributed by atoms with Crippen LogP contribution in [0.1, 0.15) is 5.56 Å². The lowest BCUT2D eigenvalue weighted by Gasteiger charge is -2.01. The quantitative estimate of drug-likeness (QED) is 0.472. The third kappa shape index (κ3) is 3.10. The number of carbonyl (C=O) groups excluding carboxylic acids is 1. The number of nitriles is 1. The second-order valence-electron chi connectivity index (χ2n) is 3.05. The highest BCUT2D eigenvalue weighted by Gasteiger charge is 2.10. The molecule has 0 radical (unpaired) electrons. The molecule has 0 heterocycles. The maximum Gasteiger partial charge on any atom is 0.369 e. The van der Waals surface area contributed by atoms with Gasteiger partial charge in [0.25, 0.3) is 0 Å². The Hall–Kier alpha value is -2.35. The maximum atomic E-state index is 11.0. The Bertz CT molecular complexity index is 461. The van der Waals surface area contributed by atoms with Crippen molar-refractivity contribution in [1.29, 1.82) is 5.26 Å². The summed E-state index contributed by atoms with van der Waals surface area (Å²) >= 11 is 0. The first kappa shape index (κ1) is 11.7. The van der Waals surface area contributed by atoms with E-state index in [4.69, 9.17) is 5.26 Å². The van der Waals surface area contributed by atoms with Crippen LogP contribution >= 0.6 is 0 Å². The summed E-state index contributed by atoms with van der Waals surface area (Å²) in [6.45, 7) is 1.93. The first-order valence-electron chi connectivity index (χ1n) is 4.56. The minimum absolute atomic E-state index is 0.316. The number of nitrogens with zero attached hydrogens (tertiary/aromatic N) is 2. The zero-order valence-electron chi connectivity index (χ0n) is 9.02. The number of nitrogens with one attached hydrogen (secondary N) is 1. The van der Waals surface area contributed by atoms with Crippen molar-refractivity contribution < 1.29 is 9.53 Å². The molecule has 0 bridgehead atoms. The lowest BCUT2D eigenvalue weighted by Crippen LogP contribution is -2.15. The van der Waals surface area contributed by atoms with Crippen molar-refractivity contribution in [3.63, 3.8) is 0 Å². The number of methoxy groups -OCH3 is 1. The van der Waals surface area contributed by atoms with E-state index in [9.17, 15) is 4.79 Å². The molecular formula is C11H11N3O2. The molecule has 1 aromatic rings. The van der Waals surface area contributed by atoms with Crippen molar-refractivity contribution in [3.8, 4) is 6.07 Å². The van der Waals surface area contributed by atoms with Crippen molar-refractivity contribution in [2.75, 3.05) is 12.5 Å². The minimum Gasteiger partial charge on any atom is -0.464 e. The molecule has 0 unspecified atom stereocenters. The second kappa shape index (κ2) is 5.51. The highest BCUT2D eigenvalue weighted by molar-refractivity contribution is 6.43. The smallest absolute Gasteiger partial charge is 0.369 e. The molecule has 1 N–H and O–H groups in total. The van der Waals surface area contributed by atoms with Gasteiger partial charge in [0, 0.05) is 0 Å². The first-order chi connectivity index (χ1) is 7.67. The van der Waals surface area contributed by atoms with Crippen molar-refractivity contribution in [3.05, 3.63) is 29.8 Å². The molecule has 0 aliphatic heterocycles. The average molecular weight is 217 g/mol. The van der Waals surface area contributed by atoms with Crippen LogP contribution in [0.3, 0.4) is 0 Å². The lowest BCUT2D eigenvalue weighted by atomic mass is 10.2. The van der Waals surface area contributed by atoms with Crippen LogP contribution in [0.5, 0.6) is 0 Å². The van der Waals surface area contributed by atoms with Crippen LogP contribution in [0.15, 0.2) is 29.4 Å². The zero-order chi connectivity index (χ0) is 12.0. The van der Waals surface area contributed by atoms with Crippen LogP contribution in [0.4, 0.5) is 5.69 Å². The zero-order valence-corrected chi connectivity index (χ0v) is 9.02. The third-order valence-electron chi connectivity index (χ3n) is 1.80. The van der Waals surface area contributed by atoms with Gasteiger partial charge in [-0.2, -0.15) is 10.4 Å². The summed E-state index contributed by atoms with van der Waals surface area (Å²) in [5.41, 5.74) is 4.06. The molecule has 0 aliphatic carbocycles. The summed E-state index contributed by atoms with van der Waals surface area (Å²) in [5.74, 6) is -0.761. The molecule has 1 aromatic carbocycles. The summed E-state index contributed by atoms with van der Waals surface area (Å²) in [4.78, 5) is 11.0. The van der Waals surface area contributed by atoms with E-state index in [1.165, 1.54) is 7.11 Å². The number of hydrogen-bond acceptors (Lipinski definition) is 5. The van der Waals surface area contributed by atoms with Crippen LogP contribution in [-0.2, 0) is 9.53 Å². The SMILES string of the molecule is COC(=O)/C(C#N)=N/Nc1cccc(C)c1. The molecule has 82 valence electrons. The van der Waals surface area contributed by atoms with Gasteiger partial charge < -0.3 is 4.74 Å². The predicted octanol–water partition coefficient (Wildman–Crippen LogP) is 1.46. The molecule has 0 saturated carbocycles. The molecule has 5 nitrogen and oxygen atoms in total. The number of esters is 1. The minimum atomic E-state index is -0.761. The van der Waals surface area contributed by atoms with E-state index in [2.05, 4.69) is 15.3 Å². The Morgan fingerprint density at radius 3 is 2.88 bits per heavy atom. The summed E-state index contributed by atoms with van der Waals surface area (Å²) < 4.78 is 4.38. The fourth-order valence-electron chi connectivity index (χ4n) is 1.05. The fraction of sp³-hybridized carbons (Fsp3) is 0.182. The monoisotopic (exact) mass is 217 g/mol. The summed E-state index contributed by atoms with van der Waals surface area (Å²) in [6, 6.07) is 9.05. The number of anilines is 1.